The molecule has 0 unspecified atom stereocenters. The highest BCUT2D eigenvalue weighted by molar-refractivity contribution is 6.31. The molecule has 2 nitrogen and oxygen atoms in total. The van der Waals surface area contributed by atoms with Gasteiger partial charge in [0, 0.05) is 10.6 Å². The van der Waals surface area contributed by atoms with E-state index < -0.39 is 0 Å². The summed E-state index contributed by atoms with van der Waals surface area (Å²) in [5.41, 5.74) is 0.431. The third kappa shape index (κ3) is 3.51. The van der Waals surface area contributed by atoms with Gasteiger partial charge in [-0.1, -0.05) is 17.7 Å². The van der Waals surface area contributed by atoms with E-state index in [9.17, 15) is 9.18 Å². The van der Waals surface area contributed by atoms with Crippen LogP contribution < -0.4 is 5.32 Å². The number of hydrogen-bond acceptors (Lipinski definition) is 1. The Hall–Kier alpha value is -1.09. The van der Waals surface area contributed by atoms with E-state index >= 15 is 0 Å². The summed E-state index contributed by atoms with van der Waals surface area (Å²) in [6.07, 6.45) is 1.21. The van der Waals surface area contributed by atoms with E-state index in [1.54, 1.807) is 6.07 Å². The Morgan fingerprint density at radius 1 is 1.53 bits per heavy atom. The summed E-state index contributed by atoms with van der Waals surface area (Å²) in [4.78, 5) is 10.3. The van der Waals surface area contributed by atoms with E-state index in [4.69, 9.17) is 11.6 Å². The highest BCUT2D eigenvalue weighted by atomic mass is 35.5. The van der Waals surface area contributed by atoms with Crippen molar-refractivity contribution in [3.05, 3.63) is 34.6 Å². The number of hydrogen-bond donors (Lipinski definition) is 1. The van der Waals surface area contributed by atoms with Crippen molar-refractivity contribution in [2.24, 2.45) is 0 Å². The molecule has 4 heteroatoms. The Morgan fingerprint density at radius 3 is 2.73 bits per heavy atom. The first-order valence-corrected chi connectivity index (χ1v) is 4.98. The number of rotatable bonds is 4. The number of amides is 1. The fraction of sp³-hybridized carbons (Fsp3) is 0.364. The largest absolute Gasteiger partial charge is 0.353 e. The topological polar surface area (TPSA) is 29.1 Å². The van der Waals surface area contributed by atoms with Gasteiger partial charge in [0.25, 0.3) is 0 Å². The first-order chi connectivity index (χ1) is 6.94. The molecular formula is C11H13ClFNO. The highest BCUT2D eigenvalue weighted by Crippen LogP contribution is 2.21. The van der Waals surface area contributed by atoms with Gasteiger partial charge in [-0.3, -0.25) is 4.79 Å². The maximum Gasteiger partial charge on any atom is 0.207 e. The molecule has 0 saturated carbocycles. The molecule has 0 aliphatic heterocycles. The molecule has 1 amide bonds. The molecule has 0 aliphatic carbocycles. The highest BCUT2D eigenvalue weighted by Gasteiger charge is 2.18. The van der Waals surface area contributed by atoms with Gasteiger partial charge >= 0.3 is 0 Å². The first-order valence-electron chi connectivity index (χ1n) is 4.60. The SMILES string of the molecule is CC(C)(Cc1ccc(F)cc1Cl)NC=O. The first kappa shape index (κ1) is 12.0. The summed E-state index contributed by atoms with van der Waals surface area (Å²) < 4.78 is 12.8. The minimum atomic E-state index is -0.386. The molecule has 0 aliphatic rings. The van der Waals surface area contributed by atoms with Gasteiger partial charge < -0.3 is 5.32 Å². The summed E-state index contributed by atoms with van der Waals surface area (Å²) in [6.45, 7) is 3.75. The maximum absolute atomic E-state index is 12.8. The van der Waals surface area contributed by atoms with Crippen LogP contribution in [0, 0.1) is 5.82 Å². The van der Waals surface area contributed by atoms with E-state index in [-0.39, 0.29) is 11.4 Å². The molecular weight excluding hydrogens is 217 g/mol. The number of carbonyl (C=O) groups excluding carboxylic acids is 1. The van der Waals surface area contributed by atoms with Gasteiger partial charge in [0.1, 0.15) is 5.82 Å². The van der Waals surface area contributed by atoms with E-state index in [0.717, 1.165) is 5.56 Å². The van der Waals surface area contributed by atoms with Crippen molar-refractivity contribution in [3.8, 4) is 0 Å². The van der Waals surface area contributed by atoms with Crippen LogP contribution in [0.5, 0.6) is 0 Å². The van der Waals surface area contributed by atoms with Crippen molar-refractivity contribution >= 4 is 18.0 Å². The average Bonchev–Trinajstić information content (AvgIpc) is 2.09. The molecule has 0 aromatic heterocycles. The fourth-order valence-corrected chi connectivity index (χ4v) is 1.59. The standard InChI is InChI=1S/C11H13ClFNO/c1-11(2,14-7-15)6-8-3-4-9(13)5-10(8)12/h3-5,7H,6H2,1-2H3,(H,14,15). The Labute approximate surface area is 93.4 Å². The molecule has 0 heterocycles. The Bertz CT molecular complexity index is 366. The van der Waals surface area contributed by atoms with Crippen LogP contribution >= 0.6 is 11.6 Å². The van der Waals surface area contributed by atoms with Gasteiger partial charge in [0.15, 0.2) is 0 Å². The Kier molecular flexibility index (Phi) is 3.69. The van der Waals surface area contributed by atoms with Crippen LogP contribution in [0.1, 0.15) is 19.4 Å². The Balaban J connectivity index is 2.84. The van der Waals surface area contributed by atoms with Crippen molar-refractivity contribution in [2.45, 2.75) is 25.8 Å². The van der Waals surface area contributed by atoms with Crippen molar-refractivity contribution in [3.63, 3.8) is 0 Å². The second kappa shape index (κ2) is 4.62. The van der Waals surface area contributed by atoms with E-state index in [0.29, 0.717) is 17.9 Å². The molecule has 15 heavy (non-hydrogen) atoms. The van der Waals surface area contributed by atoms with Crippen molar-refractivity contribution in [2.75, 3.05) is 0 Å². The van der Waals surface area contributed by atoms with Gasteiger partial charge in [-0.15, -0.1) is 0 Å². The number of nitrogens with one attached hydrogen (secondary N) is 1. The average molecular weight is 230 g/mol. The van der Waals surface area contributed by atoms with Crippen LogP contribution in [-0.4, -0.2) is 11.9 Å². The zero-order chi connectivity index (χ0) is 11.5. The van der Waals surface area contributed by atoms with Gasteiger partial charge in [-0.2, -0.15) is 0 Å². The molecule has 1 rings (SSSR count). The summed E-state index contributed by atoms with van der Waals surface area (Å²) >= 11 is 5.88. The number of benzene rings is 1. The van der Waals surface area contributed by atoms with E-state index in [1.165, 1.54) is 12.1 Å². The molecule has 0 radical (unpaired) electrons. The Morgan fingerprint density at radius 2 is 2.20 bits per heavy atom. The lowest BCUT2D eigenvalue weighted by Crippen LogP contribution is -2.40. The van der Waals surface area contributed by atoms with E-state index in [2.05, 4.69) is 5.32 Å². The quantitative estimate of drug-likeness (QED) is 0.790. The third-order valence-electron chi connectivity index (χ3n) is 2.10. The lowest BCUT2D eigenvalue weighted by Gasteiger charge is -2.24. The molecule has 0 bridgehead atoms. The smallest absolute Gasteiger partial charge is 0.207 e. The molecule has 1 N–H and O–H groups in total. The molecule has 1 aromatic carbocycles. The van der Waals surface area contributed by atoms with E-state index in [1.807, 2.05) is 13.8 Å². The van der Waals surface area contributed by atoms with Crippen molar-refractivity contribution in [1.82, 2.24) is 5.32 Å². The molecule has 0 fully saturated rings. The predicted molar refractivity (Wildman–Crippen MR) is 58.4 cm³/mol. The van der Waals surface area contributed by atoms with Gasteiger partial charge in [0.2, 0.25) is 6.41 Å². The van der Waals surface area contributed by atoms with Crippen LogP contribution in [0.15, 0.2) is 18.2 Å². The van der Waals surface area contributed by atoms with Crippen LogP contribution in [0.2, 0.25) is 5.02 Å². The van der Waals surface area contributed by atoms with Gasteiger partial charge in [0.05, 0.1) is 0 Å². The van der Waals surface area contributed by atoms with Gasteiger partial charge in [-0.05, 0) is 38.0 Å². The second-order valence-electron chi connectivity index (χ2n) is 4.06. The number of halogens is 2. The normalized spacial score (nSPS) is 11.2. The van der Waals surface area contributed by atoms with Crippen molar-refractivity contribution < 1.29 is 9.18 Å². The predicted octanol–water partition coefficient (Wildman–Crippen LogP) is 2.55. The summed E-state index contributed by atoms with van der Waals surface area (Å²) in [6, 6.07) is 4.26. The third-order valence-corrected chi connectivity index (χ3v) is 2.45. The van der Waals surface area contributed by atoms with Gasteiger partial charge in [-0.25, -0.2) is 4.39 Å². The zero-order valence-electron chi connectivity index (χ0n) is 8.68. The van der Waals surface area contributed by atoms with Crippen molar-refractivity contribution in [1.29, 1.82) is 0 Å². The monoisotopic (exact) mass is 229 g/mol. The van der Waals surface area contributed by atoms with Crippen LogP contribution in [0.4, 0.5) is 4.39 Å². The minimum Gasteiger partial charge on any atom is -0.353 e. The van der Waals surface area contributed by atoms with Crippen LogP contribution in [-0.2, 0) is 11.2 Å². The molecule has 82 valence electrons. The summed E-state index contributed by atoms with van der Waals surface area (Å²) in [5.74, 6) is -0.357. The minimum absolute atomic E-state index is 0.357. The zero-order valence-corrected chi connectivity index (χ0v) is 9.44. The van der Waals surface area contributed by atoms with Crippen LogP contribution in [0.25, 0.3) is 0 Å². The fourth-order valence-electron chi connectivity index (χ4n) is 1.35. The molecule has 0 spiro atoms. The second-order valence-corrected chi connectivity index (χ2v) is 4.47. The lowest BCUT2D eigenvalue weighted by molar-refractivity contribution is -0.110. The molecule has 0 atom stereocenters. The number of carbonyl (C=O) groups is 1. The van der Waals surface area contributed by atoms with Crippen LogP contribution in [0.3, 0.4) is 0 Å². The maximum atomic E-state index is 12.8. The summed E-state index contributed by atoms with van der Waals surface area (Å²) in [7, 11) is 0. The lowest BCUT2D eigenvalue weighted by atomic mass is 9.95. The molecule has 0 saturated heterocycles. The summed E-state index contributed by atoms with van der Waals surface area (Å²) in [5, 5.41) is 3.06. The molecule has 1 aromatic rings.